The van der Waals surface area contributed by atoms with E-state index in [0.29, 0.717) is 18.7 Å². The van der Waals surface area contributed by atoms with Crippen molar-refractivity contribution < 1.29 is 23.2 Å². The zero-order valence-electron chi connectivity index (χ0n) is 19.0. The molecule has 0 N–H and O–H groups in total. The van der Waals surface area contributed by atoms with Crippen molar-refractivity contribution in [2.45, 2.75) is 62.3 Å². The van der Waals surface area contributed by atoms with Crippen molar-refractivity contribution in [2.24, 2.45) is 0 Å². The Morgan fingerprint density at radius 2 is 1.71 bits per heavy atom. The number of amides is 3. The van der Waals surface area contributed by atoms with Crippen LogP contribution >= 0.6 is 0 Å². The Balaban J connectivity index is 1.40. The summed E-state index contributed by atoms with van der Waals surface area (Å²) in [4.78, 5) is 43.4. The summed E-state index contributed by atoms with van der Waals surface area (Å²) in [7, 11) is 0. The maximum absolute atomic E-state index is 14.2. The Hall–Kier alpha value is -3.09. The summed E-state index contributed by atoms with van der Waals surface area (Å²) >= 11 is 0. The number of nitrogens with zero attached hydrogens (tertiary/aromatic N) is 2. The zero-order valence-corrected chi connectivity index (χ0v) is 19.0. The number of hydrogen-bond donors (Lipinski definition) is 0. The lowest BCUT2D eigenvalue weighted by atomic mass is 9.75. The monoisotopic (exact) mass is 466 g/mol. The molecule has 7 heteroatoms. The van der Waals surface area contributed by atoms with Crippen LogP contribution in [0.3, 0.4) is 0 Å². The van der Waals surface area contributed by atoms with Gasteiger partial charge in [0.1, 0.15) is 11.6 Å². The van der Waals surface area contributed by atoms with Gasteiger partial charge in [-0.3, -0.25) is 19.3 Å². The van der Waals surface area contributed by atoms with Crippen LogP contribution in [-0.4, -0.2) is 46.7 Å². The van der Waals surface area contributed by atoms with Gasteiger partial charge in [0.15, 0.2) is 0 Å². The highest BCUT2D eigenvalue weighted by Crippen LogP contribution is 2.43. The first kappa shape index (κ1) is 22.7. The van der Waals surface area contributed by atoms with Crippen LogP contribution in [0, 0.1) is 11.6 Å². The van der Waals surface area contributed by atoms with Gasteiger partial charge in [-0.15, -0.1) is 0 Å². The molecule has 5 nitrogen and oxygen atoms in total. The van der Waals surface area contributed by atoms with E-state index in [4.69, 9.17) is 0 Å². The highest BCUT2D eigenvalue weighted by Gasteiger charge is 2.56. The largest absolute Gasteiger partial charge is 0.342 e. The summed E-state index contributed by atoms with van der Waals surface area (Å²) in [6.45, 7) is 0.993. The van der Waals surface area contributed by atoms with Gasteiger partial charge in [-0.1, -0.05) is 37.1 Å². The molecule has 2 aliphatic heterocycles. The van der Waals surface area contributed by atoms with Gasteiger partial charge in [-0.05, 0) is 54.7 Å². The van der Waals surface area contributed by atoms with E-state index in [1.165, 1.54) is 35.2 Å². The second kappa shape index (κ2) is 8.93. The van der Waals surface area contributed by atoms with Crippen molar-refractivity contribution in [3.8, 4) is 0 Å². The molecule has 0 aromatic heterocycles. The van der Waals surface area contributed by atoms with Crippen molar-refractivity contribution in [3.05, 3.63) is 71.3 Å². The van der Waals surface area contributed by atoms with E-state index in [9.17, 15) is 23.2 Å². The second-order valence-electron chi connectivity index (χ2n) is 9.83. The van der Waals surface area contributed by atoms with Crippen LogP contribution in [-0.2, 0) is 19.8 Å². The van der Waals surface area contributed by atoms with E-state index >= 15 is 0 Å². The Morgan fingerprint density at radius 3 is 2.41 bits per heavy atom. The first-order valence-corrected chi connectivity index (χ1v) is 12.0. The molecule has 2 saturated heterocycles. The average molecular weight is 467 g/mol. The van der Waals surface area contributed by atoms with Crippen molar-refractivity contribution >= 4 is 17.7 Å². The molecule has 0 bridgehead atoms. The van der Waals surface area contributed by atoms with E-state index in [-0.39, 0.29) is 48.3 Å². The molecule has 0 unspecified atom stereocenters. The summed E-state index contributed by atoms with van der Waals surface area (Å²) in [6, 6.07) is 11.9. The molecule has 34 heavy (non-hydrogen) atoms. The summed E-state index contributed by atoms with van der Waals surface area (Å²) < 4.78 is 27.5. The first-order chi connectivity index (χ1) is 16.4. The number of carbonyl (C=O) groups is 3. The van der Waals surface area contributed by atoms with Gasteiger partial charge in [0.05, 0.1) is 5.41 Å². The summed E-state index contributed by atoms with van der Waals surface area (Å²) in [5.74, 6) is -1.59. The van der Waals surface area contributed by atoms with Gasteiger partial charge in [0.2, 0.25) is 17.7 Å². The topological polar surface area (TPSA) is 57.7 Å². The molecule has 3 amide bonds. The number of hydrogen-bond acceptors (Lipinski definition) is 3. The second-order valence-corrected chi connectivity index (χ2v) is 9.83. The van der Waals surface area contributed by atoms with E-state index in [2.05, 4.69) is 0 Å². The van der Waals surface area contributed by atoms with Crippen LogP contribution in [0.2, 0.25) is 0 Å². The smallest absolute Gasteiger partial charge is 0.241 e. The predicted molar refractivity (Wildman–Crippen MR) is 122 cm³/mol. The van der Waals surface area contributed by atoms with Crippen molar-refractivity contribution in [3.63, 3.8) is 0 Å². The van der Waals surface area contributed by atoms with Gasteiger partial charge in [-0.2, -0.15) is 0 Å². The van der Waals surface area contributed by atoms with Crippen molar-refractivity contribution in [1.82, 2.24) is 9.80 Å². The lowest BCUT2D eigenvalue weighted by Crippen LogP contribution is -2.45. The third kappa shape index (κ3) is 4.01. The van der Waals surface area contributed by atoms with Gasteiger partial charge < -0.3 is 4.90 Å². The van der Waals surface area contributed by atoms with Crippen LogP contribution in [0.5, 0.6) is 0 Å². The number of benzene rings is 2. The first-order valence-electron chi connectivity index (χ1n) is 12.0. The van der Waals surface area contributed by atoms with Crippen LogP contribution in [0.4, 0.5) is 8.78 Å². The molecule has 0 radical (unpaired) electrons. The minimum absolute atomic E-state index is 0.0885. The van der Waals surface area contributed by atoms with E-state index in [1.54, 1.807) is 23.1 Å². The maximum Gasteiger partial charge on any atom is 0.241 e. The van der Waals surface area contributed by atoms with E-state index in [0.717, 1.165) is 37.7 Å². The normalized spacial score (nSPS) is 25.5. The molecule has 2 atom stereocenters. The number of carbonyl (C=O) groups excluding carboxylic acids is 3. The third-order valence-electron chi connectivity index (χ3n) is 7.75. The minimum atomic E-state index is -1.38. The number of halogens is 2. The van der Waals surface area contributed by atoms with Crippen LogP contribution in [0.25, 0.3) is 0 Å². The standard InChI is InChI=1S/C27H28F2N2O3/c28-21-10-8-18(9-11-21)19-12-13-30(17-19)24(32)15-27(20-4-3-5-22(29)14-20)16-25(33)31(26(27)34)23-6-1-2-7-23/h3-5,8-11,14,19,23H,1-2,6-7,12-13,15-17H2/t19-,27-/m0/s1. The molecular formula is C27H28F2N2O3. The molecule has 1 aliphatic carbocycles. The zero-order chi connectivity index (χ0) is 23.9. The van der Waals surface area contributed by atoms with Gasteiger partial charge in [0, 0.05) is 37.9 Å². The molecule has 0 spiro atoms. The quantitative estimate of drug-likeness (QED) is 0.617. The summed E-state index contributed by atoms with van der Waals surface area (Å²) in [5.41, 5.74) is -0.0302. The van der Waals surface area contributed by atoms with Crippen LogP contribution in [0.1, 0.15) is 62.0 Å². The highest BCUT2D eigenvalue weighted by molar-refractivity contribution is 6.11. The maximum atomic E-state index is 14.2. The molecule has 2 heterocycles. The molecule has 2 aromatic carbocycles. The van der Waals surface area contributed by atoms with E-state index < -0.39 is 11.2 Å². The molecule has 178 valence electrons. The van der Waals surface area contributed by atoms with Crippen molar-refractivity contribution in [2.75, 3.05) is 13.1 Å². The summed E-state index contributed by atoms with van der Waals surface area (Å²) in [5, 5.41) is 0. The molecular weight excluding hydrogens is 438 g/mol. The lowest BCUT2D eigenvalue weighted by molar-refractivity contribution is -0.144. The fourth-order valence-electron chi connectivity index (χ4n) is 5.91. The number of rotatable bonds is 5. The Morgan fingerprint density at radius 1 is 0.971 bits per heavy atom. The predicted octanol–water partition coefficient (Wildman–Crippen LogP) is 4.31. The van der Waals surface area contributed by atoms with Crippen LogP contribution in [0.15, 0.2) is 48.5 Å². The minimum Gasteiger partial charge on any atom is -0.342 e. The molecule has 3 aliphatic rings. The van der Waals surface area contributed by atoms with Crippen LogP contribution < -0.4 is 0 Å². The SMILES string of the molecule is O=C(C[C@@]1(c2cccc(F)c2)CC(=O)N(C2CCCC2)C1=O)N1CC[C@H](c2ccc(F)cc2)C1. The Kier molecular flexibility index (Phi) is 5.96. The Labute approximate surface area is 197 Å². The average Bonchev–Trinajstić information content (AvgIpc) is 3.55. The third-order valence-corrected chi connectivity index (χ3v) is 7.75. The Bertz CT molecular complexity index is 1110. The number of likely N-dealkylation sites (tertiary alicyclic amines) is 2. The van der Waals surface area contributed by atoms with E-state index in [1.807, 2.05) is 0 Å². The lowest BCUT2D eigenvalue weighted by Gasteiger charge is -2.30. The molecule has 5 rings (SSSR count). The number of imide groups is 1. The van der Waals surface area contributed by atoms with Crippen molar-refractivity contribution in [1.29, 1.82) is 0 Å². The fourth-order valence-corrected chi connectivity index (χ4v) is 5.91. The molecule has 2 aromatic rings. The molecule has 1 saturated carbocycles. The fraction of sp³-hybridized carbons (Fsp3) is 0.444. The van der Waals surface area contributed by atoms with Gasteiger partial charge in [-0.25, -0.2) is 8.78 Å². The van der Waals surface area contributed by atoms with Gasteiger partial charge in [0.25, 0.3) is 0 Å². The van der Waals surface area contributed by atoms with Gasteiger partial charge >= 0.3 is 0 Å². The molecule has 3 fully saturated rings. The highest BCUT2D eigenvalue weighted by atomic mass is 19.1. The summed E-state index contributed by atoms with van der Waals surface area (Å²) in [6.07, 6.45) is 3.93.